The Morgan fingerprint density at radius 3 is 2.97 bits per heavy atom. The number of carbonyl (C=O) groups is 2. The molecule has 0 aliphatic rings. The van der Waals surface area contributed by atoms with Crippen molar-refractivity contribution in [3.05, 3.63) is 64.8 Å². The van der Waals surface area contributed by atoms with Gasteiger partial charge in [0.15, 0.2) is 5.13 Å². The molecule has 4 aromatic rings. The van der Waals surface area contributed by atoms with E-state index in [1.54, 1.807) is 36.0 Å². The van der Waals surface area contributed by atoms with Crippen molar-refractivity contribution in [1.82, 2.24) is 20.1 Å². The van der Waals surface area contributed by atoms with E-state index < -0.39 is 5.91 Å². The first-order valence-electron chi connectivity index (χ1n) is 8.75. The third-order valence-corrected chi connectivity index (χ3v) is 5.81. The Labute approximate surface area is 179 Å². The lowest BCUT2D eigenvalue weighted by Gasteiger charge is -2.06. The maximum atomic E-state index is 12.8. The van der Waals surface area contributed by atoms with Crippen LogP contribution in [0.15, 0.2) is 51.6 Å². The van der Waals surface area contributed by atoms with Crippen molar-refractivity contribution in [2.45, 2.75) is 17.7 Å². The summed E-state index contributed by atoms with van der Waals surface area (Å²) in [7, 11) is 0. The Morgan fingerprint density at radius 2 is 2.23 bits per heavy atom. The summed E-state index contributed by atoms with van der Waals surface area (Å²) in [5, 5.41) is 9.56. The molecule has 4 heterocycles. The number of hydrogen-bond donors (Lipinski definition) is 3. The smallest absolute Gasteiger partial charge is 0.265 e. The van der Waals surface area contributed by atoms with Crippen LogP contribution in [-0.4, -0.2) is 31.9 Å². The topological polar surface area (TPSA) is 140 Å². The van der Waals surface area contributed by atoms with Crippen molar-refractivity contribution in [2.75, 3.05) is 5.32 Å². The number of pyridine rings is 1. The van der Waals surface area contributed by atoms with Crippen LogP contribution in [0.5, 0.6) is 0 Å². The van der Waals surface area contributed by atoms with E-state index in [2.05, 4.69) is 25.4 Å². The molecule has 4 rings (SSSR count). The molecule has 0 aromatic carbocycles. The number of thiazole rings is 1. The lowest BCUT2D eigenvalue weighted by atomic mass is 10.2. The maximum absolute atomic E-state index is 12.8. The van der Waals surface area contributed by atoms with E-state index in [-0.39, 0.29) is 5.91 Å². The molecule has 0 fully saturated rings. The fourth-order valence-electron chi connectivity index (χ4n) is 2.62. The van der Waals surface area contributed by atoms with Crippen LogP contribution >= 0.6 is 23.1 Å². The van der Waals surface area contributed by atoms with Crippen molar-refractivity contribution in [3.8, 4) is 11.3 Å². The summed E-state index contributed by atoms with van der Waals surface area (Å²) >= 11 is 2.68. The van der Waals surface area contributed by atoms with Gasteiger partial charge in [-0.1, -0.05) is 16.9 Å². The Kier molecular flexibility index (Phi) is 5.63. The van der Waals surface area contributed by atoms with Gasteiger partial charge in [0.05, 0.1) is 17.0 Å². The van der Waals surface area contributed by atoms with Crippen molar-refractivity contribution < 1.29 is 14.1 Å². The molecule has 0 atom stereocenters. The van der Waals surface area contributed by atoms with Gasteiger partial charge >= 0.3 is 0 Å². The number of rotatable bonds is 7. The molecule has 0 radical (unpaired) electrons. The number of H-pyrrole nitrogens is 1. The van der Waals surface area contributed by atoms with Gasteiger partial charge in [-0.05, 0) is 25.1 Å². The summed E-state index contributed by atoms with van der Waals surface area (Å²) in [4.78, 5) is 35.5. The molecule has 0 saturated carbocycles. The zero-order chi connectivity index (χ0) is 21.1. The third kappa shape index (κ3) is 4.42. The minimum atomic E-state index is -0.549. The predicted molar refractivity (Wildman–Crippen MR) is 113 cm³/mol. The highest BCUT2D eigenvalue weighted by Gasteiger charge is 2.16. The molecule has 152 valence electrons. The Hall–Kier alpha value is -3.44. The molecular formula is C19H16N6O3S2. The van der Waals surface area contributed by atoms with Crippen LogP contribution in [0.25, 0.3) is 11.3 Å². The number of nitrogens with zero attached hydrogens (tertiary/aromatic N) is 3. The van der Waals surface area contributed by atoms with E-state index in [0.717, 1.165) is 11.5 Å². The summed E-state index contributed by atoms with van der Waals surface area (Å²) in [5.74, 6) is 0.405. The number of thioether (sulfide) groups is 1. The molecule has 2 amide bonds. The summed E-state index contributed by atoms with van der Waals surface area (Å²) < 4.78 is 5.07. The SMILES string of the molecule is Cc1cc(CSc2ncccc2C(=O)Nc2nc(-c3c[nH]c(C(N)=O)c3)cs2)no1. The molecule has 0 bridgehead atoms. The molecule has 30 heavy (non-hydrogen) atoms. The summed E-state index contributed by atoms with van der Waals surface area (Å²) in [6.45, 7) is 1.82. The fraction of sp³-hybridized carbons (Fsp3) is 0.105. The minimum Gasteiger partial charge on any atom is -0.364 e. The minimum absolute atomic E-state index is 0.294. The lowest BCUT2D eigenvalue weighted by Crippen LogP contribution is -2.13. The molecule has 0 unspecified atom stereocenters. The summed E-state index contributed by atoms with van der Waals surface area (Å²) in [5.41, 5.74) is 8.11. The van der Waals surface area contributed by atoms with Crippen LogP contribution in [-0.2, 0) is 5.75 Å². The number of carbonyl (C=O) groups excluding carboxylic acids is 2. The number of primary amides is 1. The Balaban J connectivity index is 1.46. The highest BCUT2D eigenvalue weighted by atomic mass is 32.2. The standard InChI is InChI=1S/C19H16N6O3S2/c1-10-5-12(25-28-10)8-29-18-13(3-2-4-21-18)17(27)24-19-23-15(9-30-19)11-6-14(16(20)26)22-7-11/h2-7,9,22H,8H2,1H3,(H2,20,26)(H,23,24,27). The second-order valence-corrected chi connectivity index (χ2v) is 8.05. The van der Waals surface area contributed by atoms with Crippen molar-refractivity contribution >= 4 is 40.0 Å². The quantitative estimate of drug-likeness (QED) is 0.374. The van der Waals surface area contributed by atoms with E-state index in [9.17, 15) is 9.59 Å². The number of aromatic amines is 1. The largest absolute Gasteiger partial charge is 0.364 e. The Bertz CT molecular complexity index is 1210. The van der Waals surface area contributed by atoms with Gasteiger partial charge in [-0.25, -0.2) is 9.97 Å². The van der Waals surface area contributed by atoms with Crippen LogP contribution in [0, 0.1) is 6.92 Å². The summed E-state index contributed by atoms with van der Waals surface area (Å²) in [6.07, 6.45) is 3.28. The van der Waals surface area contributed by atoms with E-state index >= 15 is 0 Å². The maximum Gasteiger partial charge on any atom is 0.265 e. The normalized spacial score (nSPS) is 10.8. The van der Waals surface area contributed by atoms with Gasteiger partial charge < -0.3 is 15.2 Å². The monoisotopic (exact) mass is 440 g/mol. The average Bonchev–Trinajstić information content (AvgIpc) is 3.47. The number of nitrogens with two attached hydrogens (primary N) is 1. The Morgan fingerprint density at radius 1 is 1.37 bits per heavy atom. The highest BCUT2D eigenvalue weighted by Crippen LogP contribution is 2.28. The van der Waals surface area contributed by atoms with Gasteiger partial charge in [0.2, 0.25) is 0 Å². The molecule has 4 N–H and O–H groups in total. The average molecular weight is 441 g/mol. The van der Waals surface area contributed by atoms with Crippen molar-refractivity contribution in [1.29, 1.82) is 0 Å². The number of aromatic nitrogens is 4. The first-order chi connectivity index (χ1) is 14.5. The van der Waals surface area contributed by atoms with Gasteiger partial charge in [-0.3, -0.25) is 14.9 Å². The first-order valence-corrected chi connectivity index (χ1v) is 10.6. The van der Waals surface area contributed by atoms with Crippen LogP contribution in [0.1, 0.15) is 32.3 Å². The third-order valence-electron chi connectivity index (χ3n) is 4.02. The van der Waals surface area contributed by atoms with Gasteiger partial charge in [0.25, 0.3) is 11.8 Å². The van der Waals surface area contributed by atoms with Gasteiger partial charge in [-0.15, -0.1) is 11.3 Å². The summed E-state index contributed by atoms with van der Waals surface area (Å²) in [6, 6.07) is 6.87. The first kappa shape index (κ1) is 19.9. The van der Waals surface area contributed by atoms with Crippen LogP contribution < -0.4 is 11.1 Å². The van der Waals surface area contributed by atoms with Crippen LogP contribution in [0.3, 0.4) is 0 Å². The van der Waals surface area contributed by atoms with E-state index in [1.165, 1.54) is 23.1 Å². The number of nitrogens with one attached hydrogen (secondary N) is 2. The number of hydrogen-bond acceptors (Lipinski definition) is 8. The lowest BCUT2D eigenvalue weighted by molar-refractivity contribution is 0.0993. The number of aryl methyl sites for hydroxylation is 1. The van der Waals surface area contributed by atoms with E-state index in [1.807, 2.05) is 13.0 Å². The van der Waals surface area contributed by atoms with E-state index in [4.69, 9.17) is 10.3 Å². The number of amides is 2. The molecule has 0 spiro atoms. The van der Waals surface area contributed by atoms with Crippen LogP contribution in [0.2, 0.25) is 0 Å². The van der Waals surface area contributed by atoms with Gasteiger partial charge in [0.1, 0.15) is 16.5 Å². The van der Waals surface area contributed by atoms with Crippen molar-refractivity contribution in [3.63, 3.8) is 0 Å². The molecule has 0 aliphatic carbocycles. The van der Waals surface area contributed by atoms with E-state index in [0.29, 0.717) is 38.4 Å². The molecule has 0 aliphatic heterocycles. The number of anilines is 1. The molecule has 4 aromatic heterocycles. The second kappa shape index (κ2) is 8.51. The molecule has 11 heteroatoms. The zero-order valence-corrected chi connectivity index (χ0v) is 17.3. The molecule has 0 saturated heterocycles. The molecular weight excluding hydrogens is 424 g/mol. The fourth-order valence-corrected chi connectivity index (χ4v) is 4.21. The van der Waals surface area contributed by atoms with Gasteiger partial charge in [0, 0.05) is 35.2 Å². The second-order valence-electron chi connectivity index (χ2n) is 6.23. The predicted octanol–water partition coefficient (Wildman–Crippen LogP) is 3.47. The van der Waals surface area contributed by atoms with Crippen molar-refractivity contribution in [2.24, 2.45) is 5.73 Å². The molecule has 9 nitrogen and oxygen atoms in total. The highest BCUT2D eigenvalue weighted by molar-refractivity contribution is 7.98. The van der Waals surface area contributed by atoms with Crippen LogP contribution in [0.4, 0.5) is 5.13 Å². The van der Waals surface area contributed by atoms with Gasteiger partial charge in [-0.2, -0.15) is 0 Å². The zero-order valence-electron chi connectivity index (χ0n) is 15.7.